The van der Waals surface area contributed by atoms with Crippen molar-refractivity contribution in [2.75, 3.05) is 20.3 Å². The van der Waals surface area contributed by atoms with Gasteiger partial charge in [0.15, 0.2) is 5.78 Å². The molecule has 9 heteroatoms. The maximum absolute atomic E-state index is 12.9. The fourth-order valence-electron chi connectivity index (χ4n) is 3.82. The van der Waals surface area contributed by atoms with Crippen molar-refractivity contribution in [3.8, 4) is 0 Å². The van der Waals surface area contributed by atoms with Gasteiger partial charge in [0.05, 0.1) is 35.2 Å². The van der Waals surface area contributed by atoms with Crippen LogP contribution in [0.4, 0.5) is 5.69 Å². The van der Waals surface area contributed by atoms with E-state index in [0.29, 0.717) is 12.2 Å². The van der Waals surface area contributed by atoms with Gasteiger partial charge in [0.2, 0.25) is 0 Å². The number of nitro benzene ring substituents is 1. The van der Waals surface area contributed by atoms with Crippen molar-refractivity contribution < 1.29 is 24.0 Å². The number of nitrogens with zero attached hydrogens (tertiary/aromatic N) is 3. The molecule has 0 unspecified atom stereocenters. The molecule has 1 aliphatic heterocycles. The van der Waals surface area contributed by atoms with Crippen LogP contribution >= 0.6 is 0 Å². The number of methoxy groups -OCH3 is 1. The molecule has 0 fully saturated rings. The number of non-ortho nitro benzene ring substituents is 1. The number of rotatable bonds is 7. The molecule has 152 valence electrons. The second-order valence-corrected chi connectivity index (χ2v) is 7.07. The van der Waals surface area contributed by atoms with Crippen molar-refractivity contribution in [3.63, 3.8) is 0 Å². The largest absolute Gasteiger partial charge is 0.383 e. The van der Waals surface area contributed by atoms with E-state index in [1.54, 1.807) is 20.1 Å². The second kappa shape index (κ2) is 7.59. The number of carbonyl (C=O) groups is 3. The van der Waals surface area contributed by atoms with Crippen molar-refractivity contribution in [3.05, 3.63) is 62.5 Å². The van der Waals surface area contributed by atoms with Crippen LogP contribution in [0.25, 0.3) is 0 Å². The van der Waals surface area contributed by atoms with E-state index < -0.39 is 23.3 Å². The smallest absolute Gasteiger partial charge is 0.270 e. The number of benzene rings is 1. The Kier molecular flexibility index (Phi) is 5.34. The zero-order valence-electron chi connectivity index (χ0n) is 16.6. The molecule has 0 saturated heterocycles. The van der Waals surface area contributed by atoms with Crippen LogP contribution in [0.2, 0.25) is 0 Å². The molecule has 9 nitrogen and oxygen atoms in total. The van der Waals surface area contributed by atoms with Crippen molar-refractivity contribution in [2.24, 2.45) is 0 Å². The minimum Gasteiger partial charge on any atom is -0.383 e. The number of hydrogen-bond acceptors (Lipinski definition) is 6. The molecule has 2 amide bonds. The van der Waals surface area contributed by atoms with E-state index in [9.17, 15) is 24.5 Å². The van der Waals surface area contributed by atoms with E-state index in [1.807, 2.05) is 18.4 Å². The van der Waals surface area contributed by atoms with Gasteiger partial charge in [-0.3, -0.25) is 29.4 Å². The average Bonchev–Trinajstić information content (AvgIpc) is 3.10. The van der Waals surface area contributed by atoms with Crippen LogP contribution in [0.5, 0.6) is 0 Å². The second-order valence-electron chi connectivity index (χ2n) is 7.07. The highest BCUT2D eigenvalue weighted by atomic mass is 16.6. The standard InChI is InChI=1S/C20H21N3O6/c1-11-7-16(13(3)22(11)12(2)10-29-4)18(24)9-21-19(25)15-6-5-14(23(27)28)8-17(15)20(21)26/h5-8,12H,9-10H2,1-4H3/t12-/m0/s1. The van der Waals surface area contributed by atoms with Gasteiger partial charge in [-0.25, -0.2) is 0 Å². The lowest BCUT2D eigenvalue weighted by Gasteiger charge is -2.18. The summed E-state index contributed by atoms with van der Waals surface area (Å²) in [5.41, 5.74) is 1.74. The first-order chi connectivity index (χ1) is 13.7. The predicted octanol–water partition coefficient (Wildman–Crippen LogP) is 2.70. The Hall–Kier alpha value is -3.33. The van der Waals surface area contributed by atoms with Gasteiger partial charge in [-0.15, -0.1) is 0 Å². The first kappa shape index (κ1) is 20.4. The Bertz CT molecular complexity index is 1040. The fourth-order valence-corrected chi connectivity index (χ4v) is 3.82. The highest BCUT2D eigenvalue weighted by molar-refractivity contribution is 6.23. The van der Waals surface area contributed by atoms with Gasteiger partial charge in [-0.1, -0.05) is 0 Å². The van der Waals surface area contributed by atoms with E-state index in [4.69, 9.17) is 4.74 Å². The number of aryl methyl sites for hydroxylation is 1. The Balaban J connectivity index is 1.87. The van der Waals surface area contributed by atoms with Crippen LogP contribution in [-0.2, 0) is 4.74 Å². The number of hydrogen-bond donors (Lipinski definition) is 0. The summed E-state index contributed by atoms with van der Waals surface area (Å²) in [4.78, 5) is 49.2. The Labute approximate surface area is 167 Å². The number of carbonyl (C=O) groups excluding carboxylic acids is 3. The van der Waals surface area contributed by atoms with E-state index in [2.05, 4.69) is 0 Å². The molecule has 0 radical (unpaired) electrons. The van der Waals surface area contributed by atoms with Crippen molar-refractivity contribution in [2.45, 2.75) is 26.8 Å². The van der Waals surface area contributed by atoms with E-state index in [-0.39, 0.29) is 28.6 Å². The molecule has 0 spiro atoms. The summed E-state index contributed by atoms with van der Waals surface area (Å²) < 4.78 is 7.16. The van der Waals surface area contributed by atoms with E-state index >= 15 is 0 Å². The maximum atomic E-state index is 12.9. The SMILES string of the molecule is COC[C@H](C)n1c(C)cc(C(=O)CN2C(=O)c3ccc([N+](=O)[O-])cc3C2=O)c1C. The molecule has 3 rings (SSSR count). The van der Waals surface area contributed by atoms with Gasteiger partial charge in [0, 0.05) is 36.2 Å². The minimum atomic E-state index is -0.705. The van der Waals surface area contributed by atoms with Crippen LogP contribution in [0.3, 0.4) is 0 Å². The Morgan fingerprint density at radius 3 is 2.45 bits per heavy atom. The van der Waals surface area contributed by atoms with Gasteiger partial charge < -0.3 is 9.30 Å². The summed E-state index contributed by atoms with van der Waals surface area (Å²) in [6, 6.07) is 5.23. The van der Waals surface area contributed by atoms with Crippen molar-refractivity contribution >= 4 is 23.3 Å². The summed E-state index contributed by atoms with van der Waals surface area (Å²) in [5.74, 6) is -1.71. The lowest BCUT2D eigenvalue weighted by molar-refractivity contribution is -0.384. The highest BCUT2D eigenvalue weighted by Gasteiger charge is 2.38. The number of imide groups is 1. The van der Waals surface area contributed by atoms with Gasteiger partial charge in [0.25, 0.3) is 17.5 Å². The quantitative estimate of drug-likeness (QED) is 0.306. The molecule has 0 aliphatic carbocycles. The van der Waals surface area contributed by atoms with Gasteiger partial charge in [-0.05, 0) is 32.9 Å². The topological polar surface area (TPSA) is 112 Å². The molecule has 1 aromatic carbocycles. The van der Waals surface area contributed by atoms with Crippen LogP contribution in [-0.4, -0.2) is 52.2 Å². The number of fused-ring (bicyclic) bond motifs is 1. The summed E-state index contributed by atoms with van der Waals surface area (Å²) in [7, 11) is 1.60. The normalized spacial score (nSPS) is 14.3. The highest BCUT2D eigenvalue weighted by Crippen LogP contribution is 2.28. The average molecular weight is 399 g/mol. The first-order valence-electron chi connectivity index (χ1n) is 9.02. The number of Topliss-reactive ketones (excluding diaryl/α,β-unsaturated/α-hetero) is 1. The molecule has 0 saturated carbocycles. The lowest BCUT2D eigenvalue weighted by Crippen LogP contribution is -2.35. The number of aromatic nitrogens is 1. The molecule has 2 heterocycles. The summed E-state index contributed by atoms with van der Waals surface area (Å²) in [6.07, 6.45) is 0. The number of ether oxygens (including phenoxy) is 1. The third-order valence-corrected chi connectivity index (χ3v) is 5.10. The number of nitro groups is 1. The monoisotopic (exact) mass is 399 g/mol. The maximum Gasteiger partial charge on any atom is 0.270 e. The molecule has 2 aromatic rings. The summed E-state index contributed by atoms with van der Waals surface area (Å²) in [6.45, 7) is 5.69. The van der Waals surface area contributed by atoms with Crippen LogP contribution in [0, 0.1) is 24.0 Å². The first-order valence-corrected chi connectivity index (χ1v) is 9.02. The predicted molar refractivity (Wildman–Crippen MR) is 103 cm³/mol. The van der Waals surface area contributed by atoms with Crippen molar-refractivity contribution in [1.82, 2.24) is 9.47 Å². The molecule has 29 heavy (non-hydrogen) atoms. The minimum absolute atomic E-state index is 0.0152. The third kappa shape index (κ3) is 3.44. The Morgan fingerprint density at radius 2 is 1.83 bits per heavy atom. The zero-order valence-corrected chi connectivity index (χ0v) is 16.6. The molecular formula is C20H21N3O6. The van der Waals surface area contributed by atoms with Crippen LogP contribution < -0.4 is 0 Å². The lowest BCUT2D eigenvalue weighted by atomic mass is 10.1. The molecule has 0 N–H and O–H groups in total. The van der Waals surface area contributed by atoms with Crippen LogP contribution in [0.1, 0.15) is 55.4 Å². The Morgan fingerprint density at radius 1 is 1.17 bits per heavy atom. The zero-order chi connectivity index (χ0) is 21.5. The van der Waals surface area contributed by atoms with E-state index in [0.717, 1.165) is 22.4 Å². The van der Waals surface area contributed by atoms with Crippen molar-refractivity contribution in [1.29, 1.82) is 0 Å². The fraction of sp³-hybridized carbons (Fsp3) is 0.350. The molecule has 1 aromatic heterocycles. The van der Waals surface area contributed by atoms with Gasteiger partial charge >= 0.3 is 0 Å². The van der Waals surface area contributed by atoms with E-state index in [1.165, 1.54) is 12.1 Å². The van der Waals surface area contributed by atoms with Gasteiger partial charge in [-0.2, -0.15) is 0 Å². The summed E-state index contributed by atoms with van der Waals surface area (Å²) >= 11 is 0. The van der Waals surface area contributed by atoms with Gasteiger partial charge in [0.1, 0.15) is 0 Å². The molecule has 0 bridgehead atoms. The molecule has 1 atom stereocenters. The van der Waals surface area contributed by atoms with Crippen LogP contribution in [0.15, 0.2) is 24.3 Å². The molecule has 1 aliphatic rings. The number of amides is 2. The summed E-state index contributed by atoms with van der Waals surface area (Å²) in [5, 5.41) is 10.9. The molecular weight excluding hydrogens is 378 g/mol. The number of ketones is 1. The third-order valence-electron chi connectivity index (χ3n) is 5.10.